The molecule has 2 aromatic carbocycles. The Labute approximate surface area is 138 Å². The Kier molecular flexibility index (Phi) is 4.41. The molecular weight excluding hydrogens is 350 g/mol. The Morgan fingerprint density at radius 2 is 1.90 bits per heavy atom. The molecule has 0 spiro atoms. The van der Waals surface area contributed by atoms with Crippen molar-refractivity contribution in [1.29, 1.82) is 0 Å². The normalized spacial score (nSPS) is 15.6. The molecule has 0 aromatic heterocycles. The van der Waals surface area contributed by atoms with Crippen LogP contribution < -0.4 is 10.1 Å². The largest absolute Gasteiger partial charge is 0.497 e. The molecule has 110 valence electrons. The zero-order valence-corrected chi connectivity index (χ0v) is 14.1. The van der Waals surface area contributed by atoms with Crippen LogP contribution in [0.3, 0.4) is 0 Å². The molecule has 21 heavy (non-hydrogen) atoms. The second-order valence-corrected chi connectivity index (χ2v) is 6.65. The third-order valence-corrected chi connectivity index (χ3v) is 4.73. The Balaban J connectivity index is 1.86. The molecule has 3 rings (SSSR count). The number of nitrogens with one attached hydrogen (secondary N) is 1. The van der Waals surface area contributed by atoms with E-state index in [1.165, 1.54) is 18.4 Å². The van der Waals surface area contributed by atoms with Crippen molar-refractivity contribution in [1.82, 2.24) is 0 Å². The van der Waals surface area contributed by atoms with Gasteiger partial charge in [0.1, 0.15) is 5.75 Å². The predicted molar refractivity (Wildman–Crippen MR) is 91.2 cm³/mol. The summed E-state index contributed by atoms with van der Waals surface area (Å²) in [5.74, 6) is 1.57. The van der Waals surface area contributed by atoms with Gasteiger partial charge in [0.15, 0.2) is 0 Å². The van der Waals surface area contributed by atoms with E-state index in [9.17, 15) is 0 Å². The van der Waals surface area contributed by atoms with Gasteiger partial charge in [0.05, 0.1) is 18.8 Å². The minimum atomic E-state index is 0.311. The summed E-state index contributed by atoms with van der Waals surface area (Å²) in [4.78, 5) is 0. The van der Waals surface area contributed by atoms with Crippen LogP contribution in [0.25, 0.3) is 0 Å². The summed E-state index contributed by atoms with van der Waals surface area (Å²) in [6.07, 6.45) is 2.53. The van der Waals surface area contributed by atoms with Crippen molar-refractivity contribution in [3.63, 3.8) is 0 Å². The molecule has 1 atom stereocenters. The lowest BCUT2D eigenvalue weighted by Crippen LogP contribution is -2.13. The summed E-state index contributed by atoms with van der Waals surface area (Å²) in [7, 11) is 1.69. The number of hydrogen-bond acceptors (Lipinski definition) is 2. The lowest BCUT2D eigenvalue weighted by atomic mass is 10.0. The van der Waals surface area contributed by atoms with E-state index in [0.29, 0.717) is 12.0 Å². The molecule has 1 saturated carbocycles. The summed E-state index contributed by atoms with van der Waals surface area (Å²) in [6, 6.07) is 14.4. The van der Waals surface area contributed by atoms with Crippen molar-refractivity contribution in [3.8, 4) is 5.75 Å². The monoisotopic (exact) mass is 365 g/mol. The third-order valence-electron chi connectivity index (χ3n) is 3.81. The van der Waals surface area contributed by atoms with Crippen LogP contribution in [0, 0.1) is 5.92 Å². The molecule has 1 aliphatic carbocycles. The molecule has 0 radical (unpaired) electrons. The van der Waals surface area contributed by atoms with E-state index < -0.39 is 0 Å². The molecule has 0 heterocycles. The highest BCUT2D eigenvalue weighted by atomic mass is 79.9. The number of methoxy groups -OCH3 is 1. The van der Waals surface area contributed by atoms with E-state index >= 15 is 0 Å². The van der Waals surface area contributed by atoms with Crippen LogP contribution in [0.4, 0.5) is 5.69 Å². The van der Waals surface area contributed by atoms with Gasteiger partial charge in [-0.1, -0.05) is 23.7 Å². The minimum Gasteiger partial charge on any atom is -0.497 e. The SMILES string of the molecule is COc1ccc(C(Nc2cc(Cl)ccc2Br)C2CC2)cc1. The first kappa shape index (κ1) is 14.7. The topological polar surface area (TPSA) is 21.3 Å². The maximum Gasteiger partial charge on any atom is 0.118 e. The first-order valence-corrected chi connectivity index (χ1v) is 8.20. The molecule has 0 saturated heterocycles. The Morgan fingerprint density at radius 1 is 1.19 bits per heavy atom. The standard InChI is InChI=1S/C17H17BrClNO/c1-21-14-7-4-12(5-8-14)17(11-2-3-11)20-16-10-13(19)6-9-15(16)18/h4-11,17,20H,2-3H2,1H3. The van der Waals surface area contributed by atoms with Gasteiger partial charge < -0.3 is 10.1 Å². The summed E-state index contributed by atoms with van der Waals surface area (Å²) in [5.41, 5.74) is 2.32. The van der Waals surface area contributed by atoms with Gasteiger partial charge in [0, 0.05) is 9.50 Å². The summed E-state index contributed by atoms with van der Waals surface area (Å²) < 4.78 is 6.27. The Hall–Kier alpha value is -1.19. The van der Waals surface area contributed by atoms with E-state index in [1.54, 1.807) is 7.11 Å². The number of hydrogen-bond donors (Lipinski definition) is 1. The lowest BCUT2D eigenvalue weighted by molar-refractivity contribution is 0.414. The molecule has 1 fully saturated rings. The molecule has 1 unspecified atom stereocenters. The van der Waals surface area contributed by atoms with Crippen molar-refractivity contribution < 1.29 is 4.74 Å². The van der Waals surface area contributed by atoms with Crippen LogP contribution in [-0.2, 0) is 0 Å². The number of ether oxygens (including phenoxy) is 1. The fourth-order valence-corrected chi connectivity index (χ4v) is 3.02. The first-order chi connectivity index (χ1) is 10.2. The summed E-state index contributed by atoms with van der Waals surface area (Å²) >= 11 is 9.69. The molecule has 0 bridgehead atoms. The fourth-order valence-electron chi connectivity index (χ4n) is 2.49. The van der Waals surface area contributed by atoms with Crippen molar-refractivity contribution >= 4 is 33.2 Å². The van der Waals surface area contributed by atoms with Gasteiger partial charge in [-0.25, -0.2) is 0 Å². The van der Waals surface area contributed by atoms with E-state index in [2.05, 4.69) is 33.4 Å². The van der Waals surface area contributed by atoms with Crippen molar-refractivity contribution in [3.05, 3.63) is 57.5 Å². The smallest absolute Gasteiger partial charge is 0.118 e. The van der Waals surface area contributed by atoms with Gasteiger partial charge in [-0.2, -0.15) is 0 Å². The van der Waals surface area contributed by atoms with Crippen LogP contribution in [0.5, 0.6) is 5.75 Å². The second-order valence-electron chi connectivity index (χ2n) is 5.36. The minimum absolute atomic E-state index is 0.311. The van der Waals surface area contributed by atoms with Crippen LogP contribution in [-0.4, -0.2) is 7.11 Å². The molecule has 0 aliphatic heterocycles. The van der Waals surface area contributed by atoms with E-state index in [0.717, 1.165) is 20.9 Å². The van der Waals surface area contributed by atoms with Gasteiger partial charge in [0.25, 0.3) is 0 Å². The zero-order valence-electron chi connectivity index (χ0n) is 11.8. The van der Waals surface area contributed by atoms with Crippen LogP contribution in [0.15, 0.2) is 46.9 Å². The maximum absolute atomic E-state index is 6.10. The van der Waals surface area contributed by atoms with Crippen LogP contribution >= 0.6 is 27.5 Å². The fraction of sp³-hybridized carbons (Fsp3) is 0.294. The van der Waals surface area contributed by atoms with E-state index in [4.69, 9.17) is 16.3 Å². The summed E-state index contributed by atoms with van der Waals surface area (Å²) in [6.45, 7) is 0. The molecule has 2 nitrogen and oxygen atoms in total. The highest BCUT2D eigenvalue weighted by Crippen LogP contribution is 2.44. The van der Waals surface area contributed by atoms with E-state index in [1.807, 2.05) is 30.3 Å². The zero-order chi connectivity index (χ0) is 14.8. The van der Waals surface area contributed by atoms with Crippen molar-refractivity contribution in [2.45, 2.75) is 18.9 Å². The average molecular weight is 367 g/mol. The third kappa shape index (κ3) is 3.53. The average Bonchev–Trinajstić information content (AvgIpc) is 3.33. The van der Waals surface area contributed by atoms with Gasteiger partial charge in [0.2, 0.25) is 0 Å². The van der Waals surface area contributed by atoms with Crippen LogP contribution in [0.2, 0.25) is 5.02 Å². The number of halogens is 2. The molecular formula is C17H17BrClNO. The molecule has 2 aromatic rings. The molecule has 4 heteroatoms. The van der Waals surface area contributed by atoms with Crippen molar-refractivity contribution in [2.24, 2.45) is 5.92 Å². The van der Waals surface area contributed by atoms with Gasteiger partial charge >= 0.3 is 0 Å². The Morgan fingerprint density at radius 3 is 2.52 bits per heavy atom. The lowest BCUT2D eigenvalue weighted by Gasteiger charge is -2.21. The maximum atomic E-state index is 6.10. The number of benzene rings is 2. The van der Waals surface area contributed by atoms with E-state index in [-0.39, 0.29) is 0 Å². The highest BCUT2D eigenvalue weighted by Gasteiger charge is 2.32. The summed E-state index contributed by atoms with van der Waals surface area (Å²) in [5, 5.41) is 4.37. The molecule has 1 aliphatic rings. The second kappa shape index (κ2) is 6.29. The van der Waals surface area contributed by atoms with Gasteiger partial charge in [-0.15, -0.1) is 0 Å². The highest BCUT2D eigenvalue weighted by molar-refractivity contribution is 9.10. The molecule has 1 N–H and O–H groups in total. The van der Waals surface area contributed by atoms with Crippen LogP contribution in [0.1, 0.15) is 24.4 Å². The van der Waals surface area contributed by atoms with Gasteiger partial charge in [-0.3, -0.25) is 0 Å². The van der Waals surface area contributed by atoms with Crippen molar-refractivity contribution in [2.75, 3.05) is 12.4 Å². The number of anilines is 1. The predicted octanol–water partition coefficient (Wildman–Crippen LogP) is 5.67. The molecule has 0 amide bonds. The first-order valence-electron chi connectivity index (χ1n) is 7.03. The van der Waals surface area contributed by atoms with Gasteiger partial charge in [-0.05, 0) is 70.6 Å². The quantitative estimate of drug-likeness (QED) is 0.735. The Bertz CT molecular complexity index is 625. The number of rotatable bonds is 5.